The molecule has 55 heavy (non-hydrogen) atoms. The molecule has 0 aromatic carbocycles. The van der Waals surface area contributed by atoms with E-state index in [1.165, 1.54) is 5.57 Å². The van der Waals surface area contributed by atoms with E-state index in [0.717, 1.165) is 32.1 Å². The lowest BCUT2D eigenvalue weighted by Crippen LogP contribution is -2.70. The van der Waals surface area contributed by atoms with E-state index in [-0.39, 0.29) is 47.2 Å². The Labute approximate surface area is 323 Å². The Morgan fingerprint density at radius 2 is 1.49 bits per heavy atom. The fourth-order valence-corrected chi connectivity index (χ4v) is 13.5. The van der Waals surface area contributed by atoms with Crippen LogP contribution in [0, 0.1) is 50.2 Å². The predicted molar refractivity (Wildman–Crippen MR) is 195 cm³/mol. The Morgan fingerprint density at radius 1 is 0.800 bits per heavy atom. The average molecular weight is 783 g/mol. The minimum Gasteiger partial charge on any atom is -0.481 e. The number of ether oxygens (including phenoxy) is 4. The van der Waals surface area contributed by atoms with E-state index in [1.807, 2.05) is 6.92 Å². The summed E-state index contributed by atoms with van der Waals surface area (Å²) in [4.78, 5) is 13.1. The number of allylic oxidation sites excluding steroid dienone is 2. The molecule has 5 aliphatic carbocycles. The quantitative estimate of drug-likeness (QED) is 0.132. The van der Waals surface area contributed by atoms with Gasteiger partial charge in [-0.1, -0.05) is 53.2 Å². The number of carboxylic acid groups (broad SMARTS) is 1. The summed E-state index contributed by atoms with van der Waals surface area (Å²) >= 11 is 0. The number of carboxylic acids is 1. The zero-order valence-electron chi connectivity index (χ0n) is 33.2. The Hall–Kier alpha value is -1.27. The van der Waals surface area contributed by atoms with Gasteiger partial charge >= 0.3 is 5.97 Å². The van der Waals surface area contributed by atoms with Crippen LogP contribution in [0.25, 0.3) is 0 Å². The molecule has 14 nitrogen and oxygen atoms in total. The molecule has 6 fully saturated rings. The van der Waals surface area contributed by atoms with Gasteiger partial charge in [0.2, 0.25) is 0 Å². The van der Waals surface area contributed by atoms with Gasteiger partial charge < -0.3 is 64.9 Å². The third-order valence-corrected chi connectivity index (χ3v) is 17.0. The summed E-state index contributed by atoms with van der Waals surface area (Å²) in [5.74, 6) is -0.756. The first-order valence-corrected chi connectivity index (χ1v) is 20.5. The van der Waals surface area contributed by atoms with Crippen LogP contribution in [-0.4, -0.2) is 139 Å². The van der Waals surface area contributed by atoms with Crippen LogP contribution in [0.5, 0.6) is 0 Å². The molecule has 7 aliphatic rings. The van der Waals surface area contributed by atoms with Crippen LogP contribution in [0.3, 0.4) is 0 Å². The number of fused-ring (bicyclic) bond motifs is 7. The van der Waals surface area contributed by atoms with Crippen molar-refractivity contribution in [1.82, 2.24) is 0 Å². The summed E-state index contributed by atoms with van der Waals surface area (Å²) < 4.78 is 23.8. The molecule has 314 valence electrons. The van der Waals surface area contributed by atoms with Crippen molar-refractivity contribution < 1.29 is 69.7 Å². The standard InChI is InChI=1S/C41H66O14/c1-36(2)11-13-41(35(50)51)14-12-39(5)20(21(41)15-36)7-8-26-37(3)16-22(44)32(38(4,19-43)25(37)9-10-40(26,39)6)55-34-31(29(48)28(47)24(17-42)53-34)54-33-30(49)27(46)23(45)18-52-33/h7,21-34,42-49H,8-19H2,1-6H3,(H,50,51). The van der Waals surface area contributed by atoms with Crippen LogP contribution in [0.4, 0.5) is 0 Å². The third kappa shape index (κ3) is 6.13. The molecular weight excluding hydrogens is 716 g/mol. The predicted octanol–water partition coefficient (Wildman–Crippen LogP) is 1.46. The van der Waals surface area contributed by atoms with Crippen molar-refractivity contribution in [3.63, 3.8) is 0 Å². The summed E-state index contributed by atoms with van der Waals surface area (Å²) in [5.41, 5.74) is -1.38. The smallest absolute Gasteiger partial charge is 0.310 e. The summed E-state index contributed by atoms with van der Waals surface area (Å²) in [5, 5.41) is 97.1. The van der Waals surface area contributed by atoms with Crippen molar-refractivity contribution in [3.05, 3.63) is 11.6 Å². The first-order valence-electron chi connectivity index (χ1n) is 20.5. The highest BCUT2D eigenvalue weighted by Crippen LogP contribution is 2.76. The largest absolute Gasteiger partial charge is 0.481 e. The molecule has 0 spiro atoms. The summed E-state index contributed by atoms with van der Waals surface area (Å²) in [6, 6.07) is 0. The number of hydrogen-bond donors (Lipinski definition) is 9. The fourth-order valence-electron chi connectivity index (χ4n) is 13.5. The lowest BCUT2D eigenvalue weighted by atomic mass is 9.33. The highest BCUT2D eigenvalue weighted by Gasteiger charge is 2.71. The first-order chi connectivity index (χ1) is 25.6. The molecule has 7 rings (SSSR count). The topological polar surface area (TPSA) is 236 Å². The normalized spacial score (nSPS) is 54.9. The molecule has 0 radical (unpaired) electrons. The lowest BCUT2D eigenvalue weighted by molar-refractivity contribution is -0.377. The third-order valence-electron chi connectivity index (χ3n) is 17.0. The van der Waals surface area contributed by atoms with Crippen LogP contribution in [-0.2, 0) is 23.7 Å². The second-order valence-corrected chi connectivity index (χ2v) is 20.2. The van der Waals surface area contributed by atoms with Crippen LogP contribution in [0.1, 0.15) is 99.3 Å². The van der Waals surface area contributed by atoms with Crippen LogP contribution in [0.2, 0.25) is 0 Å². The minimum absolute atomic E-state index is 0.0380. The summed E-state index contributed by atoms with van der Waals surface area (Å²) in [7, 11) is 0. The number of aliphatic carboxylic acids is 1. The molecule has 0 bridgehead atoms. The molecular formula is C41H66O14. The zero-order chi connectivity index (χ0) is 40.3. The van der Waals surface area contributed by atoms with Gasteiger partial charge in [0.1, 0.15) is 42.7 Å². The molecule has 19 atom stereocenters. The SMILES string of the molecule is CC1(C)CCC2(C(=O)O)CCC3(C)C(=CCC4C5(C)CC(O)C(OC6OC(CO)C(O)C(O)C6OC6OCC(O)C(O)C6O)C(C)(CO)C5CCC43C)C2C1. The molecule has 0 aromatic rings. The van der Waals surface area contributed by atoms with Crippen molar-refractivity contribution in [2.45, 2.75) is 167 Å². The van der Waals surface area contributed by atoms with E-state index >= 15 is 0 Å². The number of hydrogen-bond acceptors (Lipinski definition) is 13. The molecule has 0 amide bonds. The van der Waals surface area contributed by atoms with Crippen LogP contribution < -0.4 is 0 Å². The highest BCUT2D eigenvalue weighted by molar-refractivity contribution is 5.76. The molecule has 4 saturated carbocycles. The average Bonchev–Trinajstić information content (AvgIpc) is 3.12. The maximum Gasteiger partial charge on any atom is 0.310 e. The van der Waals surface area contributed by atoms with Gasteiger partial charge in [-0.2, -0.15) is 0 Å². The van der Waals surface area contributed by atoms with Gasteiger partial charge in [0.25, 0.3) is 0 Å². The molecule has 2 saturated heterocycles. The van der Waals surface area contributed by atoms with Crippen molar-refractivity contribution in [1.29, 1.82) is 0 Å². The van der Waals surface area contributed by atoms with E-state index in [2.05, 4.69) is 40.7 Å². The Bertz CT molecular complexity index is 1490. The Balaban J connectivity index is 1.19. The monoisotopic (exact) mass is 782 g/mol. The molecule has 19 unspecified atom stereocenters. The van der Waals surface area contributed by atoms with E-state index in [4.69, 9.17) is 18.9 Å². The first kappa shape index (κ1) is 41.9. The Morgan fingerprint density at radius 3 is 2.15 bits per heavy atom. The zero-order valence-corrected chi connectivity index (χ0v) is 33.2. The minimum atomic E-state index is -1.72. The Kier molecular flexibility index (Phi) is 10.8. The number of aliphatic hydroxyl groups excluding tert-OH is 8. The van der Waals surface area contributed by atoms with Crippen molar-refractivity contribution in [3.8, 4) is 0 Å². The van der Waals surface area contributed by atoms with Crippen LogP contribution >= 0.6 is 0 Å². The maximum absolute atomic E-state index is 13.1. The maximum atomic E-state index is 13.1. The molecule has 14 heteroatoms. The molecule has 9 N–H and O–H groups in total. The van der Waals surface area contributed by atoms with Gasteiger partial charge in [0.05, 0.1) is 37.4 Å². The van der Waals surface area contributed by atoms with Gasteiger partial charge in [-0.05, 0) is 97.2 Å². The van der Waals surface area contributed by atoms with Gasteiger partial charge in [-0.3, -0.25) is 4.79 Å². The van der Waals surface area contributed by atoms with Gasteiger partial charge in [-0.25, -0.2) is 0 Å². The van der Waals surface area contributed by atoms with Gasteiger partial charge in [0.15, 0.2) is 12.6 Å². The fraction of sp³-hybridized carbons (Fsp3) is 0.927. The van der Waals surface area contributed by atoms with Crippen molar-refractivity contribution in [2.75, 3.05) is 19.8 Å². The second-order valence-electron chi connectivity index (χ2n) is 20.2. The van der Waals surface area contributed by atoms with Crippen LogP contribution in [0.15, 0.2) is 11.6 Å². The van der Waals surface area contributed by atoms with Crippen molar-refractivity contribution in [2.24, 2.45) is 50.2 Å². The van der Waals surface area contributed by atoms with Gasteiger partial charge in [0, 0.05) is 5.41 Å². The summed E-state index contributed by atoms with van der Waals surface area (Å²) in [6.07, 6.45) is -7.34. The molecule has 2 heterocycles. The van der Waals surface area contributed by atoms with E-state index < -0.39 is 96.3 Å². The van der Waals surface area contributed by atoms with Crippen molar-refractivity contribution >= 4 is 5.97 Å². The van der Waals surface area contributed by atoms with E-state index in [0.29, 0.717) is 25.7 Å². The summed E-state index contributed by atoms with van der Waals surface area (Å²) in [6.45, 7) is 11.9. The highest BCUT2D eigenvalue weighted by atomic mass is 16.8. The van der Waals surface area contributed by atoms with E-state index in [9.17, 15) is 50.8 Å². The number of carbonyl (C=O) groups is 1. The number of aliphatic hydroxyl groups is 8. The second kappa shape index (κ2) is 14.2. The van der Waals surface area contributed by atoms with E-state index in [1.54, 1.807) is 0 Å². The van der Waals surface area contributed by atoms with Gasteiger partial charge in [-0.15, -0.1) is 0 Å². The lowest BCUT2D eigenvalue weighted by Gasteiger charge is -2.71. The molecule has 2 aliphatic heterocycles. The number of rotatable bonds is 7. The molecule has 0 aromatic heterocycles.